The highest BCUT2D eigenvalue weighted by Gasteiger charge is 1.99. The lowest BCUT2D eigenvalue weighted by atomic mass is 10.1. The molecule has 2 nitrogen and oxygen atoms in total. The Bertz CT molecular complexity index is 378. The summed E-state index contributed by atoms with van der Waals surface area (Å²) >= 11 is 0. The van der Waals surface area contributed by atoms with Gasteiger partial charge in [-0.05, 0) is 37.5 Å². The molecule has 0 fully saturated rings. The summed E-state index contributed by atoms with van der Waals surface area (Å²) in [5.74, 6) is 0. The van der Waals surface area contributed by atoms with E-state index in [4.69, 9.17) is 5.41 Å². The monoisotopic (exact) mass is 202 g/mol. The summed E-state index contributed by atoms with van der Waals surface area (Å²) in [6.45, 7) is 6.21. The average Bonchev–Trinajstić information content (AvgIpc) is 2.22. The molecular formula is C13H18N2. The lowest BCUT2D eigenvalue weighted by molar-refractivity contribution is 1.21. The van der Waals surface area contributed by atoms with E-state index in [1.165, 1.54) is 17.3 Å². The van der Waals surface area contributed by atoms with Gasteiger partial charge in [-0.15, -0.1) is 0 Å². The van der Waals surface area contributed by atoms with Crippen LogP contribution in [0.15, 0.2) is 23.2 Å². The zero-order chi connectivity index (χ0) is 11.3. The minimum Gasteiger partial charge on any atom is -0.313 e. The molecule has 15 heavy (non-hydrogen) atoms. The number of benzene rings is 1. The molecular weight excluding hydrogens is 184 g/mol. The Hall–Kier alpha value is -1.44. The first-order valence-electron chi connectivity index (χ1n) is 5.30. The van der Waals surface area contributed by atoms with Crippen molar-refractivity contribution in [3.05, 3.63) is 29.3 Å². The molecule has 0 amide bonds. The van der Waals surface area contributed by atoms with Crippen LogP contribution in [0.5, 0.6) is 0 Å². The van der Waals surface area contributed by atoms with Crippen LogP contribution in [0.25, 0.3) is 0 Å². The van der Waals surface area contributed by atoms with Crippen molar-refractivity contribution in [2.75, 3.05) is 0 Å². The van der Waals surface area contributed by atoms with Gasteiger partial charge in [-0.2, -0.15) is 0 Å². The molecule has 0 heterocycles. The van der Waals surface area contributed by atoms with Crippen molar-refractivity contribution in [3.8, 4) is 0 Å². The van der Waals surface area contributed by atoms with Gasteiger partial charge < -0.3 is 5.41 Å². The summed E-state index contributed by atoms with van der Waals surface area (Å²) in [6, 6.07) is 6.28. The van der Waals surface area contributed by atoms with E-state index in [2.05, 4.69) is 44.0 Å². The van der Waals surface area contributed by atoms with Crippen molar-refractivity contribution in [3.63, 3.8) is 0 Å². The predicted octanol–water partition coefficient (Wildman–Crippen LogP) is 3.83. The third kappa shape index (κ3) is 3.31. The summed E-state index contributed by atoms with van der Waals surface area (Å²) in [6.07, 6.45) is 2.97. The maximum atomic E-state index is 7.09. The fourth-order valence-electron chi connectivity index (χ4n) is 1.40. The maximum Gasteiger partial charge on any atom is 0.0660 e. The van der Waals surface area contributed by atoms with Gasteiger partial charge >= 0.3 is 0 Å². The molecule has 0 saturated heterocycles. The average molecular weight is 202 g/mol. The van der Waals surface area contributed by atoms with E-state index in [9.17, 15) is 0 Å². The second-order valence-corrected chi connectivity index (χ2v) is 3.73. The van der Waals surface area contributed by atoms with Crippen molar-refractivity contribution in [2.45, 2.75) is 33.6 Å². The van der Waals surface area contributed by atoms with Crippen molar-refractivity contribution < 1.29 is 0 Å². The SMILES string of the molecule is CCC(CC=N)=Nc1cc(C)ccc1C. The molecule has 0 saturated carbocycles. The Morgan fingerprint density at radius 1 is 1.40 bits per heavy atom. The highest BCUT2D eigenvalue weighted by atomic mass is 14.7. The van der Waals surface area contributed by atoms with E-state index in [1.54, 1.807) is 0 Å². The molecule has 0 aromatic heterocycles. The highest BCUT2D eigenvalue weighted by Crippen LogP contribution is 2.20. The lowest BCUT2D eigenvalue weighted by Crippen LogP contribution is -1.96. The lowest BCUT2D eigenvalue weighted by Gasteiger charge is -2.04. The summed E-state index contributed by atoms with van der Waals surface area (Å²) in [5, 5.41) is 7.09. The number of hydrogen-bond acceptors (Lipinski definition) is 2. The molecule has 80 valence electrons. The molecule has 0 spiro atoms. The quantitative estimate of drug-likeness (QED) is 0.720. The van der Waals surface area contributed by atoms with Crippen LogP contribution >= 0.6 is 0 Å². The van der Waals surface area contributed by atoms with Gasteiger partial charge in [-0.1, -0.05) is 19.1 Å². The Balaban J connectivity index is 3.04. The van der Waals surface area contributed by atoms with Gasteiger partial charge in [0.15, 0.2) is 0 Å². The molecule has 0 unspecified atom stereocenters. The molecule has 0 aliphatic heterocycles. The zero-order valence-corrected chi connectivity index (χ0v) is 9.67. The number of aryl methyl sites for hydroxylation is 2. The van der Waals surface area contributed by atoms with Crippen molar-refractivity contribution >= 4 is 17.6 Å². The molecule has 0 atom stereocenters. The van der Waals surface area contributed by atoms with Gasteiger partial charge in [0.05, 0.1) is 5.69 Å². The van der Waals surface area contributed by atoms with Crippen LogP contribution in [-0.4, -0.2) is 11.9 Å². The van der Waals surface area contributed by atoms with Crippen LogP contribution in [0, 0.1) is 19.3 Å². The second kappa shape index (κ2) is 5.44. The smallest absolute Gasteiger partial charge is 0.0660 e. The molecule has 1 N–H and O–H groups in total. The second-order valence-electron chi connectivity index (χ2n) is 3.73. The number of aliphatic imine (C=N–C) groups is 1. The molecule has 2 heteroatoms. The van der Waals surface area contributed by atoms with E-state index >= 15 is 0 Å². The Labute approximate surface area is 91.6 Å². The van der Waals surface area contributed by atoms with E-state index in [0.29, 0.717) is 6.42 Å². The van der Waals surface area contributed by atoms with Gasteiger partial charge in [0.25, 0.3) is 0 Å². The first-order chi connectivity index (χ1) is 7.17. The largest absolute Gasteiger partial charge is 0.313 e. The third-order valence-electron chi connectivity index (χ3n) is 2.39. The Kier molecular flexibility index (Phi) is 4.22. The van der Waals surface area contributed by atoms with E-state index < -0.39 is 0 Å². The van der Waals surface area contributed by atoms with Gasteiger partial charge in [0.2, 0.25) is 0 Å². The number of nitrogens with one attached hydrogen (secondary N) is 1. The minimum atomic E-state index is 0.657. The predicted molar refractivity (Wildman–Crippen MR) is 66.7 cm³/mol. The molecule has 0 aliphatic carbocycles. The minimum absolute atomic E-state index is 0.657. The van der Waals surface area contributed by atoms with Crippen LogP contribution < -0.4 is 0 Å². The van der Waals surface area contributed by atoms with Crippen molar-refractivity contribution in [2.24, 2.45) is 4.99 Å². The summed E-state index contributed by atoms with van der Waals surface area (Å²) in [5.41, 5.74) is 4.52. The van der Waals surface area contributed by atoms with Crippen LogP contribution in [0.4, 0.5) is 5.69 Å². The van der Waals surface area contributed by atoms with Crippen molar-refractivity contribution in [1.29, 1.82) is 5.41 Å². The fraction of sp³-hybridized carbons (Fsp3) is 0.385. The number of hydrogen-bond donors (Lipinski definition) is 1. The summed E-state index contributed by atoms with van der Waals surface area (Å²) < 4.78 is 0. The Morgan fingerprint density at radius 2 is 2.13 bits per heavy atom. The molecule has 1 aromatic rings. The van der Waals surface area contributed by atoms with Gasteiger partial charge in [0, 0.05) is 18.3 Å². The molecule has 1 rings (SSSR count). The van der Waals surface area contributed by atoms with Crippen LogP contribution in [0.1, 0.15) is 30.9 Å². The number of rotatable bonds is 4. The first kappa shape index (κ1) is 11.6. The van der Waals surface area contributed by atoms with Crippen LogP contribution in [0.3, 0.4) is 0 Å². The fourth-order valence-corrected chi connectivity index (χ4v) is 1.40. The summed E-state index contributed by atoms with van der Waals surface area (Å²) in [7, 11) is 0. The number of nitrogens with zero attached hydrogens (tertiary/aromatic N) is 1. The Morgan fingerprint density at radius 3 is 2.73 bits per heavy atom. The van der Waals surface area contributed by atoms with E-state index in [0.717, 1.165) is 17.8 Å². The van der Waals surface area contributed by atoms with Gasteiger partial charge in [-0.3, -0.25) is 4.99 Å². The normalized spacial score (nSPS) is 11.5. The van der Waals surface area contributed by atoms with Crippen molar-refractivity contribution in [1.82, 2.24) is 0 Å². The molecule has 0 radical (unpaired) electrons. The van der Waals surface area contributed by atoms with E-state index in [-0.39, 0.29) is 0 Å². The standard InChI is InChI=1S/C13H18N2/c1-4-12(7-8-14)15-13-9-10(2)5-6-11(13)3/h5-6,8-9,14H,4,7H2,1-3H3. The summed E-state index contributed by atoms with van der Waals surface area (Å²) in [4.78, 5) is 4.59. The van der Waals surface area contributed by atoms with Gasteiger partial charge in [-0.25, -0.2) is 0 Å². The van der Waals surface area contributed by atoms with Gasteiger partial charge in [0.1, 0.15) is 0 Å². The van der Waals surface area contributed by atoms with Crippen LogP contribution in [-0.2, 0) is 0 Å². The first-order valence-corrected chi connectivity index (χ1v) is 5.30. The third-order valence-corrected chi connectivity index (χ3v) is 2.39. The topological polar surface area (TPSA) is 36.2 Å². The molecule has 1 aromatic carbocycles. The van der Waals surface area contributed by atoms with Crippen LogP contribution in [0.2, 0.25) is 0 Å². The zero-order valence-electron chi connectivity index (χ0n) is 9.67. The van der Waals surface area contributed by atoms with E-state index in [1.807, 2.05) is 0 Å². The maximum absolute atomic E-state index is 7.09. The molecule has 0 bridgehead atoms. The molecule has 0 aliphatic rings. The highest BCUT2D eigenvalue weighted by molar-refractivity contribution is 5.96.